The van der Waals surface area contributed by atoms with Gasteiger partial charge in [-0.25, -0.2) is 0 Å². The van der Waals surface area contributed by atoms with E-state index in [0.717, 1.165) is 3.57 Å². The van der Waals surface area contributed by atoms with Crippen LogP contribution in [0.1, 0.15) is 17.3 Å². The van der Waals surface area contributed by atoms with Crippen LogP contribution in [0.25, 0.3) is 0 Å². The van der Waals surface area contributed by atoms with Gasteiger partial charge in [0.2, 0.25) is 0 Å². The van der Waals surface area contributed by atoms with Gasteiger partial charge < -0.3 is 5.32 Å². The summed E-state index contributed by atoms with van der Waals surface area (Å²) >= 11 is 2.09. The third-order valence-corrected chi connectivity index (χ3v) is 2.56. The zero-order valence-corrected chi connectivity index (χ0v) is 9.87. The third kappa shape index (κ3) is 3.10. The number of Topliss-reactive ketones (excluding diaryl/α,β-unsaturated/α-hetero) is 1. The lowest BCUT2D eigenvalue weighted by Gasteiger charge is -2.04. The van der Waals surface area contributed by atoms with E-state index in [4.69, 9.17) is 0 Å². The largest absolute Gasteiger partial charge is 0.345 e. The Kier molecular flexibility index (Phi) is 4.06. The molecule has 0 aliphatic heterocycles. The average Bonchev–Trinajstić information content (AvgIpc) is 2.15. The highest BCUT2D eigenvalue weighted by molar-refractivity contribution is 14.1. The number of carbonyl (C=O) groups is 2. The van der Waals surface area contributed by atoms with E-state index < -0.39 is 0 Å². The van der Waals surface area contributed by atoms with Crippen LogP contribution in [0.15, 0.2) is 24.3 Å². The second-order valence-electron chi connectivity index (χ2n) is 2.86. The number of benzene rings is 1. The number of ketones is 1. The van der Waals surface area contributed by atoms with Crippen molar-refractivity contribution in [1.82, 2.24) is 5.32 Å². The summed E-state index contributed by atoms with van der Waals surface area (Å²) < 4.78 is 0.881. The first-order valence-corrected chi connectivity index (χ1v) is 5.21. The van der Waals surface area contributed by atoms with E-state index in [2.05, 4.69) is 27.9 Å². The summed E-state index contributed by atoms with van der Waals surface area (Å²) in [5.41, 5.74) is 0.606. The standard InChI is InChI=1S/C10H10INO2/c1-7(13)6-12-10(14)8-4-2-3-5-9(8)11/h2-5H,6H2,1H3,(H,12,14). The summed E-state index contributed by atoms with van der Waals surface area (Å²) in [4.78, 5) is 22.1. The molecule has 1 amide bonds. The minimum atomic E-state index is -0.204. The molecule has 0 spiro atoms. The second kappa shape index (κ2) is 5.09. The maximum Gasteiger partial charge on any atom is 0.252 e. The molecule has 0 saturated heterocycles. The van der Waals surface area contributed by atoms with Gasteiger partial charge in [-0.1, -0.05) is 12.1 Å². The summed E-state index contributed by atoms with van der Waals surface area (Å²) in [7, 11) is 0. The van der Waals surface area contributed by atoms with E-state index in [-0.39, 0.29) is 18.2 Å². The molecule has 74 valence electrons. The Bertz CT molecular complexity index is 363. The first-order chi connectivity index (χ1) is 6.61. The van der Waals surface area contributed by atoms with E-state index in [1.165, 1.54) is 6.92 Å². The molecule has 0 radical (unpaired) electrons. The number of hydrogen-bond donors (Lipinski definition) is 1. The molecule has 3 nitrogen and oxygen atoms in total. The van der Waals surface area contributed by atoms with Crippen LogP contribution in [-0.2, 0) is 4.79 Å². The van der Waals surface area contributed by atoms with Crippen molar-refractivity contribution >= 4 is 34.3 Å². The van der Waals surface area contributed by atoms with Crippen LogP contribution in [0.3, 0.4) is 0 Å². The van der Waals surface area contributed by atoms with Crippen LogP contribution in [0.4, 0.5) is 0 Å². The van der Waals surface area contributed by atoms with Crippen LogP contribution in [0, 0.1) is 3.57 Å². The van der Waals surface area contributed by atoms with Crippen LogP contribution in [0.5, 0.6) is 0 Å². The molecule has 1 aromatic carbocycles. The lowest BCUT2D eigenvalue weighted by Crippen LogP contribution is -2.28. The molecule has 0 fully saturated rings. The van der Waals surface area contributed by atoms with Crippen LogP contribution in [0.2, 0.25) is 0 Å². The molecule has 0 saturated carbocycles. The number of halogens is 1. The van der Waals surface area contributed by atoms with E-state index >= 15 is 0 Å². The molecular weight excluding hydrogens is 293 g/mol. The minimum absolute atomic E-state index is 0.0516. The lowest BCUT2D eigenvalue weighted by molar-refractivity contribution is -0.116. The Labute approximate surface area is 96.0 Å². The molecule has 0 unspecified atom stereocenters. The first-order valence-electron chi connectivity index (χ1n) is 4.13. The van der Waals surface area contributed by atoms with Crippen molar-refractivity contribution in [2.24, 2.45) is 0 Å². The van der Waals surface area contributed by atoms with Crippen molar-refractivity contribution < 1.29 is 9.59 Å². The van der Waals surface area contributed by atoms with Crippen LogP contribution < -0.4 is 5.32 Å². The highest BCUT2D eigenvalue weighted by Crippen LogP contribution is 2.10. The van der Waals surface area contributed by atoms with Crippen molar-refractivity contribution in [3.63, 3.8) is 0 Å². The lowest BCUT2D eigenvalue weighted by atomic mass is 10.2. The van der Waals surface area contributed by atoms with Gasteiger partial charge in [-0.2, -0.15) is 0 Å². The Hall–Kier alpha value is -0.910. The summed E-state index contributed by atoms with van der Waals surface area (Å²) in [5, 5.41) is 2.55. The number of carbonyl (C=O) groups excluding carboxylic acids is 2. The fourth-order valence-electron chi connectivity index (χ4n) is 0.945. The van der Waals surface area contributed by atoms with E-state index in [0.29, 0.717) is 5.56 Å². The highest BCUT2D eigenvalue weighted by atomic mass is 127. The topological polar surface area (TPSA) is 46.2 Å². The zero-order chi connectivity index (χ0) is 10.6. The maximum absolute atomic E-state index is 11.5. The van der Waals surface area contributed by atoms with Gasteiger partial charge in [-0.3, -0.25) is 9.59 Å². The molecule has 4 heteroatoms. The average molecular weight is 303 g/mol. The Balaban J connectivity index is 2.70. The molecule has 1 rings (SSSR count). The number of nitrogens with one attached hydrogen (secondary N) is 1. The number of hydrogen-bond acceptors (Lipinski definition) is 2. The second-order valence-corrected chi connectivity index (χ2v) is 4.03. The van der Waals surface area contributed by atoms with E-state index in [1.54, 1.807) is 12.1 Å². The number of rotatable bonds is 3. The summed E-state index contributed by atoms with van der Waals surface area (Å²) in [6, 6.07) is 7.24. The van der Waals surface area contributed by atoms with Crippen molar-refractivity contribution in [2.75, 3.05) is 6.54 Å². The molecule has 0 bridgehead atoms. The Morgan fingerprint density at radius 1 is 1.36 bits per heavy atom. The molecular formula is C10H10INO2. The predicted octanol–water partition coefficient (Wildman–Crippen LogP) is 1.61. The molecule has 1 N–H and O–H groups in total. The van der Waals surface area contributed by atoms with E-state index in [1.807, 2.05) is 12.1 Å². The van der Waals surface area contributed by atoms with Crippen molar-refractivity contribution in [3.05, 3.63) is 33.4 Å². The fourth-order valence-corrected chi connectivity index (χ4v) is 1.58. The van der Waals surface area contributed by atoms with Crippen molar-refractivity contribution in [1.29, 1.82) is 0 Å². The SMILES string of the molecule is CC(=O)CNC(=O)c1ccccc1I. The molecule has 0 aliphatic carbocycles. The molecule has 0 aliphatic rings. The third-order valence-electron chi connectivity index (χ3n) is 1.62. The smallest absolute Gasteiger partial charge is 0.252 e. The predicted molar refractivity (Wildman–Crippen MR) is 62.2 cm³/mol. The Morgan fingerprint density at radius 3 is 2.57 bits per heavy atom. The monoisotopic (exact) mass is 303 g/mol. The molecule has 14 heavy (non-hydrogen) atoms. The number of amides is 1. The normalized spacial score (nSPS) is 9.57. The summed E-state index contributed by atoms with van der Waals surface area (Å²) in [6.07, 6.45) is 0. The zero-order valence-electron chi connectivity index (χ0n) is 7.71. The molecule has 0 heterocycles. The first kappa shape index (κ1) is 11.2. The fraction of sp³-hybridized carbons (Fsp3) is 0.200. The molecule has 0 atom stereocenters. The van der Waals surface area contributed by atoms with E-state index in [9.17, 15) is 9.59 Å². The summed E-state index contributed by atoms with van der Waals surface area (Å²) in [6.45, 7) is 1.53. The minimum Gasteiger partial charge on any atom is -0.345 e. The maximum atomic E-state index is 11.5. The van der Waals surface area contributed by atoms with Gasteiger partial charge in [0.25, 0.3) is 5.91 Å². The highest BCUT2D eigenvalue weighted by Gasteiger charge is 2.08. The van der Waals surface area contributed by atoms with Gasteiger partial charge >= 0.3 is 0 Å². The van der Waals surface area contributed by atoms with Gasteiger partial charge in [0.15, 0.2) is 0 Å². The van der Waals surface area contributed by atoms with Gasteiger partial charge in [0, 0.05) is 3.57 Å². The molecule has 0 aromatic heterocycles. The van der Waals surface area contributed by atoms with Crippen LogP contribution >= 0.6 is 22.6 Å². The Morgan fingerprint density at radius 2 is 2.00 bits per heavy atom. The van der Waals surface area contributed by atoms with Crippen LogP contribution in [-0.4, -0.2) is 18.2 Å². The van der Waals surface area contributed by atoms with Gasteiger partial charge in [0.1, 0.15) is 5.78 Å². The van der Waals surface area contributed by atoms with Gasteiger partial charge in [-0.05, 0) is 41.6 Å². The quantitative estimate of drug-likeness (QED) is 0.862. The van der Waals surface area contributed by atoms with Crippen molar-refractivity contribution in [2.45, 2.75) is 6.92 Å². The van der Waals surface area contributed by atoms with Gasteiger partial charge in [0.05, 0.1) is 12.1 Å². The van der Waals surface area contributed by atoms with Crippen molar-refractivity contribution in [3.8, 4) is 0 Å². The summed E-state index contributed by atoms with van der Waals surface area (Å²) in [5.74, 6) is -0.255. The van der Waals surface area contributed by atoms with Gasteiger partial charge in [-0.15, -0.1) is 0 Å². The molecule has 1 aromatic rings.